The van der Waals surface area contributed by atoms with Crippen LogP contribution in [0, 0.1) is 0 Å². The van der Waals surface area contributed by atoms with Crippen molar-refractivity contribution < 1.29 is 24.2 Å². The first-order chi connectivity index (χ1) is 13.8. The highest BCUT2D eigenvalue weighted by molar-refractivity contribution is 8.18. The van der Waals surface area contributed by atoms with Gasteiger partial charge in [-0.2, -0.15) is 4.99 Å². The Bertz CT molecular complexity index is 1050. The average Bonchev–Trinajstić information content (AvgIpc) is 2.99. The molecule has 1 aliphatic heterocycles. The van der Waals surface area contributed by atoms with Crippen LogP contribution in [0.1, 0.15) is 28.4 Å². The summed E-state index contributed by atoms with van der Waals surface area (Å²) in [4.78, 5) is 37.9. The number of aliphatic imine (C=N–C) groups is 1. The number of carbonyl (C=O) groups excluding carboxylic acids is 3. The first-order valence-corrected chi connectivity index (χ1v) is 9.54. The molecule has 1 aliphatic rings. The van der Waals surface area contributed by atoms with Crippen molar-refractivity contribution in [3.05, 3.63) is 69.1 Å². The summed E-state index contributed by atoms with van der Waals surface area (Å²) in [5, 5.41) is 13.8. The molecule has 2 amide bonds. The van der Waals surface area contributed by atoms with E-state index in [9.17, 15) is 19.5 Å². The van der Waals surface area contributed by atoms with Crippen LogP contribution in [0.4, 0.5) is 0 Å². The molecule has 0 saturated heterocycles. The van der Waals surface area contributed by atoms with Gasteiger partial charge in [-0.05, 0) is 46.7 Å². The normalized spacial score (nSPS) is 14.6. The lowest BCUT2D eigenvalue weighted by Crippen LogP contribution is -2.23. The molecule has 0 unspecified atom stereocenters. The minimum absolute atomic E-state index is 0.0918. The molecular weight excluding hydrogens is 416 g/mol. The number of carboxylic acids is 1. The van der Waals surface area contributed by atoms with Crippen LogP contribution in [0.3, 0.4) is 0 Å². The second-order valence-electron chi connectivity index (χ2n) is 5.98. The van der Waals surface area contributed by atoms with E-state index in [2.05, 4.69) is 10.3 Å². The van der Waals surface area contributed by atoms with E-state index in [1.165, 1.54) is 19.1 Å². The molecule has 0 atom stereocenters. The lowest BCUT2D eigenvalue weighted by molar-refractivity contribution is -0.255. The zero-order chi connectivity index (χ0) is 21.0. The summed E-state index contributed by atoms with van der Waals surface area (Å²) in [5.41, 5.74) is 1.54. The SMILES string of the molecule is CC(=O)NC1=NC(=O)/C(=C\c2ccc(OCc3ccc(C(=O)[O-])cc3)c(Cl)c2)S1. The summed E-state index contributed by atoms with van der Waals surface area (Å²) in [6, 6.07) is 11.2. The van der Waals surface area contributed by atoms with E-state index >= 15 is 0 Å². The molecular formula is C20H14ClN2O5S-. The Labute approximate surface area is 175 Å². The number of amides is 2. The molecule has 0 radical (unpaired) electrons. The Morgan fingerprint density at radius 1 is 1.24 bits per heavy atom. The summed E-state index contributed by atoms with van der Waals surface area (Å²) in [7, 11) is 0. The fourth-order valence-corrected chi connectivity index (χ4v) is 3.49. The molecule has 0 spiro atoms. The van der Waals surface area contributed by atoms with E-state index in [-0.39, 0.29) is 23.2 Å². The van der Waals surface area contributed by atoms with Crippen molar-refractivity contribution in [3.63, 3.8) is 0 Å². The number of thioether (sulfide) groups is 1. The first-order valence-electron chi connectivity index (χ1n) is 8.34. The number of ether oxygens (including phenoxy) is 1. The first kappa shape index (κ1) is 20.6. The van der Waals surface area contributed by atoms with Gasteiger partial charge in [-0.1, -0.05) is 41.9 Å². The predicted octanol–water partition coefficient (Wildman–Crippen LogP) is 2.39. The molecule has 1 heterocycles. The van der Waals surface area contributed by atoms with E-state index in [0.29, 0.717) is 21.2 Å². The monoisotopic (exact) mass is 429 g/mol. The van der Waals surface area contributed by atoms with E-state index in [1.807, 2.05) is 0 Å². The quantitative estimate of drug-likeness (QED) is 0.731. The van der Waals surface area contributed by atoms with E-state index in [1.54, 1.807) is 36.4 Å². The number of halogens is 1. The number of carbonyl (C=O) groups is 3. The highest BCUT2D eigenvalue weighted by atomic mass is 35.5. The van der Waals surface area contributed by atoms with Crippen LogP contribution < -0.4 is 15.2 Å². The van der Waals surface area contributed by atoms with Crippen molar-refractivity contribution in [2.75, 3.05) is 0 Å². The third-order valence-electron chi connectivity index (χ3n) is 3.74. The largest absolute Gasteiger partial charge is 0.545 e. The highest BCUT2D eigenvalue weighted by Crippen LogP contribution is 2.31. The summed E-state index contributed by atoms with van der Waals surface area (Å²) < 4.78 is 5.67. The zero-order valence-electron chi connectivity index (χ0n) is 15.1. The van der Waals surface area contributed by atoms with Gasteiger partial charge in [0.2, 0.25) is 5.91 Å². The molecule has 1 N–H and O–H groups in total. The van der Waals surface area contributed by atoms with E-state index in [0.717, 1.165) is 17.3 Å². The van der Waals surface area contributed by atoms with E-state index < -0.39 is 11.9 Å². The van der Waals surface area contributed by atoms with Crippen LogP contribution in [0.2, 0.25) is 5.02 Å². The molecule has 148 valence electrons. The molecule has 0 fully saturated rings. The Morgan fingerprint density at radius 3 is 2.59 bits per heavy atom. The number of aromatic carboxylic acids is 1. The van der Waals surface area contributed by atoms with Gasteiger partial charge >= 0.3 is 0 Å². The second-order valence-corrected chi connectivity index (χ2v) is 7.41. The highest BCUT2D eigenvalue weighted by Gasteiger charge is 2.22. The smallest absolute Gasteiger partial charge is 0.286 e. The Morgan fingerprint density at radius 2 is 1.97 bits per heavy atom. The molecule has 0 bridgehead atoms. The zero-order valence-corrected chi connectivity index (χ0v) is 16.7. The standard InChI is InChI=1S/C20H15ClN2O5S/c1-11(24)22-20-23-18(25)17(29-20)9-13-4-7-16(15(21)8-13)28-10-12-2-5-14(6-3-12)19(26)27/h2-9H,10H2,1H3,(H,26,27)(H,22,23,24,25)/p-1/b17-9+. The minimum Gasteiger partial charge on any atom is -0.545 e. The molecule has 7 nitrogen and oxygen atoms in total. The summed E-state index contributed by atoms with van der Waals surface area (Å²) in [6.45, 7) is 1.54. The van der Waals surface area contributed by atoms with Gasteiger partial charge in [0.15, 0.2) is 5.17 Å². The van der Waals surface area contributed by atoms with Gasteiger partial charge in [0, 0.05) is 6.92 Å². The Kier molecular flexibility index (Phi) is 6.36. The summed E-state index contributed by atoms with van der Waals surface area (Å²) in [5.74, 6) is -1.53. The molecule has 2 aromatic rings. The van der Waals surface area contributed by atoms with Crippen LogP contribution in [0.25, 0.3) is 6.08 Å². The Balaban J connectivity index is 1.65. The fourth-order valence-electron chi connectivity index (χ4n) is 2.39. The maximum Gasteiger partial charge on any atom is 0.286 e. The molecule has 3 rings (SSSR count). The Hall–Kier alpha value is -3.10. The van der Waals surface area contributed by atoms with Gasteiger partial charge in [-0.25, -0.2) is 0 Å². The van der Waals surface area contributed by atoms with Gasteiger partial charge in [0.1, 0.15) is 12.4 Å². The number of amidine groups is 1. The van der Waals surface area contributed by atoms with Gasteiger partial charge in [-0.15, -0.1) is 0 Å². The number of hydrogen-bond acceptors (Lipinski definition) is 6. The molecule has 9 heteroatoms. The van der Waals surface area contributed by atoms with Crippen LogP contribution in [-0.4, -0.2) is 23.0 Å². The van der Waals surface area contributed by atoms with Gasteiger partial charge < -0.3 is 20.0 Å². The number of benzene rings is 2. The number of nitrogens with one attached hydrogen (secondary N) is 1. The molecule has 0 aromatic heterocycles. The van der Waals surface area contributed by atoms with Crippen molar-refractivity contribution in [1.82, 2.24) is 5.32 Å². The van der Waals surface area contributed by atoms with Crippen LogP contribution in [0.5, 0.6) is 5.75 Å². The van der Waals surface area contributed by atoms with Gasteiger partial charge in [-0.3, -0.25) is 9.59 Å². The molecule has 0 aliphatic carbocycles. The lowest BCUT2D eigenvalue weighted by atomic mass is 10.1. The molecule has 29 heavy (non-hydrogen) atoms. The average molecular weight is 430 g/mol. The third-order valence-corrected chi connectivity index (χ3v) is 4.94. The second kappa shape index (κ2) is 8.93. The van der Waals surface area contributed by atoms with Crippen LogP contribution in [0.15, 0.2) is 52.4 Å². The van der Waals surface area contributed by atoms with Crippen molar-refractivity contribution >= 4 is 52.4 Å². The van der Waals surface area contributed by atoms with Crippen molar-refractivity contribution in [2.45, 2.75) is 13.5 Å². The number of rotatable bonds is 5. The van der Waals surface area contributed by atoms with Gasteiger partial charge in [0.05, 0.1) is 15.9 Å². The molecule has 2 aromatic carbocycles. The summed E-state index contributed by atoms with van der Waals surface area (Å²) in [6.07, 6.45) is 1.62. The third kappa shape index (κ3) is 5.46. The molecule has 0 saturated carbocycles. The van der Waals surface area contributed by atoms with Crippen molar-refractivity contribution in [1.29, 1.82) is 0 Å². The van der Waals surface area contributed by atoms with Crippen molar-refractivity contribution in [2.24, 2.45) is 4.99 Å². The van der Waals surface area contributed by atoms with Crippen molar-refractivity contribution in [3.8, 4) is 5.75 Å². The minimum atomic E-state index is -1.24. The van der Waals surface area contributed by atoms with Crippen LogP contribution in [-0.2, 0) is 16.2 Å². The fraction of sp³-hybridized carbons (Fsp3) is 0.100. The lowest BCUT2D eigenvalue weighted by Gasteiger charge is -2.10. The van der Waals surface area contributed by atoms with Gasteiger partial charge in [0.25, 0.3) is 5.91 Å². The number of nitrogens with zero attached hydrogens (tertiary/aromatic N) is 1. The number of carboxylic acid groups (broad SMARTS) is 1. The summed E-state index contributed by atoms with van der Waals surface area (Å²) >= 11 is 7.34. The maximum atomic E-state index is 11.9. The topological polar surface area (TPSA) is 108 Å². The predicted molar refractivity (Wildman–Crippen MR) is 108 cm³/mol. The van der Waals surface area contributed by atoms with E-state index in [4.69, 9.17) is 16.3 Å². The van der Waals surface area contributed by atoms with Crippen LogP contribution >= 0.6 is 23.4 Å². The number of hydrogen-bond donors (Lipinski definition) is 1. The maximum absolute atomic E-state index is 11.9.